The normalized spacial score (nSPS) is 12.4. The van der Waals surface area contributed by atoms with E-state index in [0.717, 1.165) is 16.9 Å². The number of hydrogen-bond donors (Lipinski definition) is 2. The monoisotopic (exact) mass is 372 g/mol. The van der Waals surface area contributed by atoms with Gasteiger partial charge in [0.05, 0.1) is 19.8 Å². The summed E-state index contributed by atoms with van der Waals surface area (Å²) in [7, 11) is 3.17. The summed E-state index contributed by atoms with van der Waals surface area (Å²) in [6.07, 6.45) is 0. The van der Waals surface area contributed by atoms with Crippen LogP contribution in [0, 0.1) is 0 Å². The minimum Gasteiger partial charge on any atom is -0.493 e. The summed E-state index contributed by atoms with van der Waals surface area (Å²) in [5.74, 6) is 2.67. The second-order valence-electron chi connectivity index (χ2n) is 6.69. The average Bonchev–Trinajstić information content (AvgIpc) is 3.13. The molecule has 2 amide bonds. The number of ether oxygens (including phenoxy) is 4. The smallest absolute Gasteiger partial charge is 0.315 e. The molecule has 1 aliphatic heterocycles. The van der Waals surface area contributed by atoms with E-state index in [0.29, 0.717) is 23.8 Å². The quantitative estimate of drug-likeness (QED) is 0.814. The molecule has 0 spiro atoms. The van der Waals surface area contributed by atoms with E-state index >= 15 is 0 Å². The van der Waals surface area contributed by atoms with Crippen LogP contribution in [0.3, 0.4) is 0 Å². The molecule has 0 atom stereocenters. The van der Waals surface area contributed by atoms with Gasteiger partial charge < -0.3 is 29.6 Å². The van der Waals surface area contributed by atoms with Gasteiger partial charge in [-0.05, 0) is 49.2 Å². The first-order chi connectivity index (χ1) is 12.9. The lowest BCUT2D eigenvalue weighted by Crippen LogP contribution is -2.46. The third kappa shape index (κ3) is 4.19. The van der Waals surface area contributed by atoms with Gasteiger partial charge in [-0.25, -0.2) is 4.79 Å². The molecule has 2 aromatic rings. The molecule has 3 rings (SSSR count). The zero-order valence-electron chi connectivity index (χ0n) is 15.9. The molecule has 0 aliphatic carbocycles. The van der Waals surface area contributed by atoms with Gasteiger partial charge in [0.1, 0.15) is 0 Å². The molecule has 144 valence electrons. The summed E-state index contributed by atoms with van der Waals surface area (Å²) in [6, 6.07) is 10.9. The Morgan fingerprint density at radius 3 is 2.52 bits per heavy atom. The summed E-state index contributed by atoms with van der Waals surface area (Å²) in [5, 5.41) is 5.85. The Balaban J connectivity index is 1.62. The fourth-order valence-corrected chi connectivity index (χ4v) is 2.86. The van der Waals surface area contributed by atoms with Gasteiger partial charge in [-0.2, -0.15) is 0 Å². The van der Waals surface area contributed by atoms with Crippen LogP contribution in [0.25, 0.3) is 0 Å². The molecule has 27 heavy (non-hydrogen) atoms. The number of methoxy groups -OCH3 is 2. The molecule has 0 bridgehead atoms. The number of urea groups is 1. The highest BCUT2D eigenvalue weighted by atomic mass is 16.7. The Labute approximate surface area is 158 Å². The fraction of sp³-hybridized carbons (Fsp3) is 0.350. The third-order valence-corrected chi connectivity index (χ3v) is 4.42. The fourth-order valence-electron chi connectivity index (χ4n) is 2.86. The number of hydrogen-bond acceptors (Lipinski definition) is 5. The van der Waals surface area contributed by atoms with Crippen molar-refractivity contribution in [2.24, 2.45) is 0 Å². The number of carbonyl (C=O) groups is 1. The molecule has 7 heteroatoms. The van der Waals surface area contributed by atoms with Crippen LogP contribution in [-0.4, -0.2) is 27.0 Å². The van der Waals surface area contributed by atoms with Crippen LogP contribution in [0.5, 0.6) is 23.0 Å². The van der Waals surface area contributed by atoms with Crippen LogP contribution in [0.4, 0.5) is 4.79 Å². The van der Waals surface area contributed by atoms with Crippen LogP contribution < -0.4 is 29.6 Å². The second-order valence-corrected chi connectivity index (χ2v) is 6.69. The number of carbonyl (C=O) groups excluding carboxylic acids is 1. The van der Waals surface area contributed by atoms with E-state index in [4.69, 9.17) is 18.9 Å². The number of fused-ring (bicyclic) bond motifs is 1. The number of nitrogens with one attached hydrogen (secondary N) is 2. The summed E-state index contributed by atoms with van der Waals surface area (Å²) >= 11 is 0. The Bertz CT molecular complexity index is 835. The van der Waals surface area contributed by atoms with Gasteiger partial charge in [-0.1, -0.05) is 12.1 Å². The van der Waals surface area contributed by atoms with Crippen molar-refractivity contribution in [3.63, 3.8) is 0 Å². The summed E-state index contributed by atoms with van der Waals surface area (Å²) < 4.78 is 21.2. The van der Waals surface area contributed by atoms with Crippen molar-refractivity contribution in [2.45, 2.75) is 25.9 Å². The standard InChI is InChI=1S/C20H24N2O5/c1-20(2,14-6-8-15(24-3)17(10-14)25-4)22-19(23)21-11-13-5-7-16-18(9-13)27-12-26-16/h5-10H,11-12H2,1-4H3,(H2,21,22,23). The van der Waals surface area contributed by atoms with Crippen LogP contribution >= 0.6 is 0 Å². The molecule has 1 heterocycles. The number of amides is 2. The number of benzene rings is 2. The van der Waals surface area contributed by atoms with Crippen molar-refractivity contribution in [1.29, 1.82) is 0 Å². The minimum atomic E-state index is -0.599. The van der Waals surface area contributed by atoms with Crippen molar-refractivity contribution in [2.75, 3.05) is 21.0 Å². The van der Waals surface area contributed by atoms with Crippen LogP contribution in [0.2, 0.25) is 0 Å². The van der Waals surface area contributed by atoms with Crippen molar-refractivity contribution in [1.82, 2.24) is 10.6 Å². The van der Waals surface area contributed by atoms with Crippen LogP contribution in [0.15, 0.2) is 36.4 Å². The summed E-state index contributed by atoms with van der Waals surface area (Å²) in [6.45, 7) is 4.46. The van der Waals surface area contributed by atoms with E-state index in [1.54, 1.807) is 14.2 Å². The Morgan fingerprint density at radius 1 is 1.04 bits per heavy atom. The van der Waals surface area contributed by atoms with Gasteiger partial charge in [-0.15, -0.1) is 0 Å². The Morgan fingerprint density at radius 2 is 1.78 bits per heavy atom. The zero-order valence-corrected chi connectivity index (χ0v) is 15.9. The van der Waals surface area contributed by atoms with Gasteiger partial charge in [0.15, 0.2) is 23.0 Å². The SMILES string of the molecule is COc1ccc(C(C)(C)NC(=O)NCc2ccc3c(c2)OCO3)cc1OC. The predicted octanol–water partition coefficient (Wildman–Crippen LogP) is 3.17. The van der Waals surface area contributed by atoms with E-state index in [9.17, 15) is 4.79 Å². The average molecular weight is 372 g/mol. The first kappa shape index (κ1) is 18.7. The van der Waals surface area contributed by atoms with Crippen LogP contribution in [-0.2, 0) is 12.1 Å². The van der Waals surface area contributed by atoms with Gasteiger partial charge in [-0.3, -0.25) is 0 Å². The van der Waals surface area contributed by atoms with Gasteiger partial charge in [0.2, 0.25) is 6.79 Å². The summed E-state index contributed by atoms with van der Waals surface area (Å²) in [4.78, 5) is 12.4. The minimum absolute atomic E-state index is 0.228. The van der Waals surface area contributed by atoms with Gasteiger partial charge in [0, 0.05) is 6.54 Å². The van der Waals surface area contributed by atoms with Crippen molar-refractivity contribution < 1.29 is 23.7 Å². The molecule has 1 aliphatic rings. The molecule has 2 N–H and O–H groups in total. The molecule has 0 saturated heterocycles. The molecular formula is C20H24N2O5. The van der Waals surface area contributed by atoms with Crippen LogP contribution in [0.1, 0.15) is 25.0 Å². The first-order valence-electron chi connectivity index (χ1n) is 8.60. The molecular weight excluding hydrogens is 348 g/mol. The highest BCUT2D eigenvalue weighted by Crippen LogP contribution is 2.33. The first-order valence-corrected chi connectivity index (χ1v) is 8.60. The lowest BCUT2D eigenvalue weighted by Gasteiger charge is -2.27. The van der Waals surface area contributed by atoms with Crippen molar-refractivity contribution >= 4 is 6.03 Å². The molecule has 0 unspecified atom stereocenters. The molecule has 2 aromatic carbocycles. The summed E-state index contributed by atoms with van der Waals surface area (Å²) in [5.41, 5.74) is 1.23. The van der Waals surface area contributed by atoms with E-state index in [1.807, 2.05) is 50.2 Å². The zero-order chi connectivity index (χ0) is 19.4. The largest absolute Gasteiger partial charge is 0.493 e. The highest BCUT2D eigenvalue weighted by molar-refractivity contribution is 5.75. The molecule has 0 aromatic heterocycles. The lowest BCUT2D eigenvalue weighted by molar-refractivity contribution is 0.174. The maximum atomic E-state index is 12.4. The second kappa shape index (κ2) is 7.65. The van der Waals surface area contributed by atoms with E-state index in [2.05, 4.69) is 10.6 Å². The maximum absolute atomic E-state index is 12.4. The topological polar surface area (TPSA) is 78.1 Å². The van der Waals surface area contributed by atoms with E-state index in [-0.39, 0.29) is 12.8 Å². The van der Waals surface area contributed by atoms with Gasteiger partial charge in [0.25, 0.3) is 0 Å². The Kier molecular flexibility index (Phi) is 5.30. The molecule has 0 saturated carbocycles. The third-order valence-electron chi connectivity index (χ3n) is 4.42. The molecule has 0 fully saturated rings. The molecule has 0 radical (unpaired) electrons. The van der Waals surface area contributed by atoms with Crippen molar-refractivity contribution in [3.05, 3.63) is 47.5 Å². The predicted molar refractivity (Wildman–Crippen MR) is 101 cm³/mol. The molecule has 7 nitrogen and oxygen atoms in total. The number of rotatable bonds is 6. The van der Waals surface area contributed by atoms with E-state index < -0.39 is 5.54 Å². The van der Waals surface area contributed by atoms with Crippen molar-refractivity contribution in [3.8, 4) is 23.0 Å². The highest BCUT2D eigenvalue weighted by Gasteiger charge is 2.24. The van der Waals surface area contributed by atoms with Gasteiger partial charge >= 0.3 is 6.03 Å². The Hall–Kier alpha value is -3.09. The lowest BCUT2D eigenvalue weighted by atomic mass is 9.94. The maximum Gasteiger partial charge on any atom is 0.315 e. The van der Waals surface area contributed by atoms with E-state index in [1.165, 1.54) is 0 Å².